The number of rotatable bonds is 7. The van der Waals surface area contributed by atoms with E-state index in [1.165, 1.54) is 25.5 Å². The third kappa shape index (κ3) is 4.52. The molecule has 5 heteroatoms. The molecule has 0 aromatic carbocycles. The number of ether oxygens (including phenoxy) is 1. The lowest BCUT2D eigenvalue weighted by molar-refractivity contribution is -0.0676. The molecular formula is C13H27NO3S. The van der Waals surface area contributed by atoms with Gasteiger partial charge in [-0.15, -0.1) is 0 Å². The molecule has 0 heterocycles. The van der Waals surface area contributed by atoms with Crippen LogP contribution in [0.15, 0.2) is 0 Å². The summed E-state index contributed by atoms with van der Waals surface area (Å²) in [6.07, 6.45) is 7.62. The van der Waals surface area contributed by atoms with Crippen LogP contribution < -0.4 is 5.32 Å². The molecule has 0 aromatic heterocycles. The molecular weight excluding hydrogens is 250 g/mol. The van der Waals surface area contributed by atoms with E-state index in [1.807, 2.05) is 0 Å². The van der Waals surface area contributed by atoms with E-state index in [0.717, 1.165) is 19.4 Å². The first-order chi connectivity index (χ1) is 8.43. The average molecular weight is 277 g/mol. The van der Waals surface area contributed by atoms with Crippen LogP contribution in [-0.4, -0.2) is 45.7 Å². The third-order valence-corrected chi connectivity index (χ3v) is 4.95. The van der Waals surface area contributed by atoms with E-state index in [-0.39, 0.29) is 17.4 Å². The van der Waals surface area contributed by atoms with Crippen molar-refractivity contribution in [2.45, 2.75) is 57.1 Å². The molecule has 0 radical (unpaired) electrons. The quantitative estimate of drug-likeness (QED) is 0.770. The van der Waals surface area contributed by atoms with Crippen LogP contribution in [0.3, 0.4) is 0 Å². The molecule has 1 aliphatic rings. The number of methoxy groups -OCH3 is 1. The molecule has 18 heavy (non-hydrogen) atoms. The van der Waals surface area contributed by atoms with Crippen molar-refractivity contribution in [3.8, 4) is 0 Å². The van der Waals surface area contributed by atoms with Crippen LogP contribution in [0.4, 0.5) is 0 Å². The standard InChI is InChI=1S/C13H27NO3S/c1-4-14-12(8-11-18(3,15)16)13(17-2)9-6-5-7-10-13/h12,14H,4-11H2,1-3H3. The highest BCUT2D eigenvalue weighted by Gasteiger charge is 2.39. The lowest BCUT2D eigenvalue weighted by Gasteiger charge is -2.43. The molecule has 1 unspecified atom stereocenters. The number of nitrogens with one attached hydrogen (secondary N) is 1. The predicted molar refractivity (Wildman–Crippen MR) is 74.6 cm³/mol. The first kappa shape index (κ1) is 15.9. The summed E-state index contributed by atoms with van der Waals surface area (Å²) in [7, 11) is -1.15. The van der Waals surface area contributed by atoms with Crippen molar-refractivity contribution in [1.29, 1.82) is 0 Å². The number of hydrogen-bond donors (Lipinski definition) is 1. The summed E-state index contributed by atoms with van der Waals surface area (Å²) >= 11 is 0. The van der Waals surface area contributed by atoms with Gasteiger partial charge in [0.15, 0.2) is 0 Å². The van der Waals surface area contributed by atoms with Crippen LogP contribution in [-0.2, 0) is 14.6 Å². The van der Waals surface area contributed by atoms with E-state index in [0.29, 0.717) is 6.42 Å². The minimum atomic E-state index is -2.91. The molecule has 0 aliphatic heterocycles. The molecule has 0 amide bonds. The molecule has 0 bridgehead atoms. The Labute approximate surface area is 111 Å². The molecule has 108 valence electrons. The zero-order valence-corrected chi connectivity index (χ0v) is 12.7. The first-order valence-corrected chi connectivity index (χ1v) is 8.96. The summed E-state index contributed by atoms with van der Waals surface area (Å²) in [4.78, 5) is 0. The summed E-state index contributed by atoms with van der Waals surface area (Å²) < 4.78 is 28.5. The fourth-order valence-corrected chi connectivity index (χ4v) is 3.64. The number of likely N-dealkylation sites (N-methyl/N-ethyl adjacent to an activating group) is 1. The first-order valence-electron chi connectivity index (χ1n) is 6.90. The Morgan fingerprint density at radius 2 is 1.89 bits per heavy atom. The monoisotopic (exact) mass is 277 g/mol. The summed E-state index contributed by atoms with van der Waals surface area (Å²) in [5.41, 5.74) is -0.168. The number of sulfone groups is 1. The molecule has 4 nitrogen and oxygen atoms in total. The van der Waals surface area contributed by atoms with Gasteiger partial charge in [0.2, 0.25) is 0 Å². The van der Waals surface area contributed by atoms with Crippen molar-refractivity contribution in [3.05, 3.63) is 0 Å². The highest BCUT2D eigenvalue weighted by atomic mass is 32.2. The van der Waals surface area contributed by atoms with Gasteiger partial charge in [-0.05, 0) is 25.8 Å². The average Bonchev–Trinajstić information content (AvgIpc) is 2.34. The summed E-state index contributed by atoms with van der Waals surface area (Å²) in [6.45, 7) is 2.90. The van der Waals surface area contributed by atoms with E-state index < -0.39 is 9.84 Å². The molecule has 1 rings (SSSR count). The van der Waals surface area contributed by atoms with E-state index >= 15 is 0 Å². The van der Waals surface area contributed by atoms with E-state index in [4.69, 9.17) is 4.74 Å². The second-order valence-electron chi connectivity index (χ2n) is 5.36. The van der Waals surface area contributed by atoms with E-state index in [9.17, 15) is 8.42 Å². The highest BCUT2D eigenvalue weighted by Crippen LogP contribution is 2.35. The Bertz CT molecular complexity index is 334. The Morgan fingerprint density at radius 3 is 2.33 bits per heavy atom. The number of hydrogen-bond acceptors (Lipinski definition) is 4. The van der Waals surface area contributed by atoms with Crippen LogP contribution in [0.2, 0.25) is 0 Å². The lowest BCUT2D eigenvalue weighted by atomic mass is 9.78. The molecule has 0 saturated heterocycles. The van der Waals surface area contributed by atoms with Crippen molar-refractivity contribution in [2.75, 3.05) is 25.7 Å². The summed E-state index contributed by atoms with van der Waals surface area (Å²) in [5.74, 6) is 0.232. The van der Waals surface area contributed by atoms with Crippen LogP contribution in [0, 0.1) is 0 Å². The third-order valence-electron chi connectivity index (χ3n) is 3.97. The van der Waals surface area contributed by atoms with Gasteiger partial charge in [-0.1, -0.05) is 26.2 Å². The molecule has 1 fully saturated rings. The Hall–Kier alpha value is -0.130. The van der Waals surface area contributed by atoms with Crippen molar-refractivity contribution >= 4 is 9.84 Å². The SMILES string of the molecule is CCNC(CCS(C)(=O)=O)C1(OC)CCCCC1. The molecule has 1 aliphatic carbocycles. The fourth-order valence-electron chi connectivity index (χ4n) is 2.97. The van der Waals surface area contributed by atoms with Crippen LogP contribution in [0.5, 0.6) is 0 Å². The van der Waals surface area contributed by atoms with Crippen molar-refractivity contribution < 1.29 is 13.2 Å². The van der Waals surface area contributed by atoms with Crippen LogP contribution in [0.25, 0.3) is 0 Å². The largest absolute Gasteiger partial charge is 0.377 e. The van der Waals surface area contributed by atoms with Crippen molar-refractivity contribution in [2.24, 2.45) is 0 Å². The normalized spacial score (nSPS) is 21.7. The van der Waals surface area contributed by atoms with E-state index in [2.05, 4.69) is 12.2 Å². The summed E-state index contributed by atoms with van der Waals surface area (Å²) in [5, 5.41) is 3.43. The maximum Gasteiger partial charge on any atom is 0.147 e. The van der Waals surface area contributed by atoms with Gasteiger partial charge >= 0.3 is 0 Å². The van der Waals surface area contributed by atoms with Crippen molar-refractivity contribution in [3.63, 3.8) is 0 Å². The molecule has 1 N–H and O–H groups in total. The maximum absolute atomic E-state index is 11.3. The van der Waals surface area contributed by atoms with Crippen molar-refractivity contribution in [1.82, 2.24) is 5.32 Å². The second-order valence-corrected chi connectivity index (χ2v) is 7.62. The van der Waals surface area contributed by atoms with Gasteiger partial charge in [-0.25, -0.2) is 8.42 Å². The molecule has 1 atom stereocenters. The second kappa shape index (κ2) is 6.87. The zero-order chi connectivity index (χ0) is 13.6. The Balaban J connectivity index is 2.73. The molecule has 0 aromatic rings. The van der Waals surface area contributed by atoms with Crippen LogP contribution in [0.1, 0.15) is 45.4 Å². The minimum absolute atomic E-state index is 0.141. The van der Waals surface area contributed by atoms with Gasteiger partial charge in [0.05, 0.1) is 11.4 Å². The van der Waals surface area contributed by atoms with Gasteiger partial charge in [-0.3, -0.25) is 0 Å². The topological polar surface area (TPSA) is 55.4 Å². The predicted octanol–water partition coefficient (Wildman–Crippen LogP) is 1.75. The van der Waals surface area contributed by atoms with E-state index in [1.54, 1.807) is 7.11 Å². The van der Waals surface area contributed by atoms with Gasteiger partial charge in [0.25, 0.3) is 0 Å². The zero-order valence-electron chi connectivity index (χ0n) is 11.9. The minimum Gasteiger partial charge on any atom is -0.377 e. The fraction of sp³-hybridized carbons (Fsp3) is 1.00. The van der Waals surface area contributed by atoms with Gasteiger partial charge in [0.1, 0.15) is 9.84 Å². The lowest BCUT2D eigenvalue weighted by Crippen LogP contribution is -2.53. The maximum atomic E-state index is 11.3. The van der Waals surface area contributed by atoms with Crippen LogP contribution >= 0.6 is 0 Å². The highest BCUT2D eigenvalue weighted by molar-refractivity contribution is 7.90. The van der Waals surface area contributed by atoms with Gasteiger partial charge in [-0.2, -0.15) is 0 Å². The summed E-state index contributed by atoms with van der Waals surface area (Å²) in [6, 6.07) is 0.141. The smallest absolute Gasteiger partial charge is 0.147 e. The Morgan fingerprint density at radius 1 is 1.28 bits per heavy atom. The van der Waals surface area contributed by atoms with Gasteiger partial charge < -0.3 is 10.1 Å². The Kier molecular flexibility index (Phi) is 6.08. The van der Waals surface area contributed by atoms with Gasteiger partial charge in [0, 0.05) is 19.4 Å². The molecule has 1 saturated carbocycles. The molecule has 0 spiro atoms.